The maximum atomic E-state index is 13.3. The lowest BCUT2D eigenvalue weighted by molar-refractivity contribution is -0.274. The first-order valence-electron chi connectivity index (χ1n) is 12.1. The van der Waals surface area contributed by atoms with Crippen molar-refractivity contribution >= 4 is 11.9 Å². The van der Waals surface area contributed by atoms with Gasteiger partial charge in [0.25, 0.3) is 0 Å². The van der Waals surface area contributed by atoms with Crippen LogP contribution in [0.15, 0.2) is 54.6 Å². The zero-order chi connectivity index (χ0) is 25.8. The van der Waals surface area contributed by atoms with Crippen LogP contribution in [0.1, 0.15) is 43.2 Å². The standard InChI is InChI=1S/C26H30F3N3O4/c27-26(28,29)36-21-12-10-18(11-13-21)16-31-24(30)32-15-14-22(17-32)35-23(33)25(34,20-8-4-5-9-20)19-6-2-1-3-7-19/h1-3,6-7,10-13,20,22,34H,4-5,8-9,14-17H2,(H2,30,31)/t22-,25+/m1/s1. The topological polar surface area (TPSA) is 94.9 Å². The summed E-state index contributed by atoms with van der Waals surface area (Å²) in [5, 5.41) is 22.8. The highest BCUT2D eigenvalue weighted by molar-refractivity contribution is 5.82. The molecule has 2 atom stereocenters. The van der Waals surface area contributed by atoms with Crippen molar-refractivity contribution in [3.8, 4) is 5.75 Å². The Bertz CT molecular complexity index is 1040. The molecule has 2 aliphatic rings. The maximum Gasteiger partial charge on any atom is 0.573 e. The molecule has 7 nitrogen and oxygen atoms in total. The number of alkyl halides is 3. The highest BCUT2D eigenvalue weighted by Gasteiger charge is 2.48. The minimum atomic E-state index is -4.74. The second kappa shape index (κ2) is 10.8. The Morgan fingerprint density at radius 2 is 1.72 bits per heavy atom. The van der Waals surface area contributed by atoms with Crippen LogP contribution in [0.25, 0.3) is 0 Å². The van der Waals surface area contributed by atoms with E-state index in [-0.39, 0.29) is 24.2 Å². The van der Waals surface area contributed by atoms with Gasteiger partial charge in [0.15, 0.2) is 11.6 Å². The van der Waals surface area contributed by atoms with Gasteiger partial charge in [0.05, 0.1) is 6.54 Å². The third kappa shape index (κ3) is 6.10. The average molecular weight is 506 g/mol. The summed E-state index contributed by atoms with van der Waals surface area (Å²) in [6.07, 6.45) is -1.24. The van der Waals surface area contributed by atoms with Crippen LogP contribution < -0.4 is 10.1 Å². The molecule has 10 heteroatoms. The van der Waals surface area contributed by atoms with E-state index in [1.165, 1.54) is 24.3 Å². The van der Waals surface area contributed by atoms with Gasteiger partial charge in [-0.3, -0.25) is 5.41 Å². The van der Waals surface area contributed by atoms with E-state index in [9.17, 15) is 23.1 Å². The molecule has 0 unspecified atom stereocenters. The molecule has 3 N–H and O–H groups in total. The Labute approximate surface area is 207 Å². The van der Waals surface area contributed by atoms with Crippen molar-refractivity contribution < 1.29 is 32.5 Å². The highest BCUT2D eigenvalue weighted by atomic mass is 19.4. The molecule has 194 valence electrons. The van der Waals surface area contributed by atoms with Gasteiger partial charge in [-0.2, -0.15) is 0 Å². The fourth-order valence-corrected chi connectivity index (χ4v) is 4.93. The third-order valence-corrected chi connectivity index (χ3v) is 6.82. The smallest absolute Gasteiger partial charge is 0.458 e. The molecule has 1 saturated heterocycles. The number of hydrogen-bond acceptors (Lipinski definition) is 5. The van der Waals surface area contributed by atoms with Gasteiger partial charge in [-0.1, -0.05) is 55.3 Å². The second-order valence-corrected chi connectivity index (χ2v) is 9.27. The number of carbonyl (C=O) groups excluding carboxylic acids is 1. The monoisotopic (exact) mass is 505 g/mol. The summed E-state index contributed by atoms with van der Waals surface area (Å²) < 4.78 is 46.5. The lowest BCUT2D eigenvalue weighted by Gasteiger charge is -2.33. The van der Waals surface area contributed by atoms with Gasteiger partial charge in [0, 0.05) is 25.4 Å². The van der Waals surface area contributed by atoms with Gasteiger partial charge in [0.2, 0.25) is 0 Å². The molecule has 4 rings (SSSR count). The molecule has 0 amide bonds. The van der Waals surface area contributed by atoms with Crippen LogP contribution in [0.4, 0.5) is 13.2 Å². The number of ether oxygens (including phenoxy) is 2. The Morgan fingerprint density at radius 1 is 1.06 bits per heavy atom. The number of likely N-dealkylation sites (tertiary alicyclic amines) is 1. The summed E-state index contributed by atoms with van der Waals surface area (Å²) in [5.41, 5.74) is -0.474. The normalized spacial score (nSPS) is 20.1. The van der Waals surface area contributed by atoms with Crippen molar-refractivity contribution in [2.75, 3.05) is 13.1 Å². The van der Waals surface area contributed by atoms with Crippen LogP contribution in [0.5, 0.6) is 5.75 Å². The zero-order valence-electron chi connectivity index (χ0n) is 19.8. The largest absolute Gasteiger partial charge is 0.573 e. The molecule has 1 aliphatic heterocycles. The molecule has 0 radical (unpaired) electrons. The van der Waals surface area contributed by atoms with E-state index in [1.54, 1.807) is 29.2 Å². The number of rotatable bonds is 7. The Kier molecular flexibility index (Phi) is 7.73. The van der Waals surface area contributed by atoms with E-state index < -0.39 is 24.0 Å². The number of nitrogens with zero attached hydrogens (tertiary/aromatic N) is 1. The van der Waals surface area contributed by atoms with Gasteiger partial charge < -0.3 is 24.8 Å². The summed E-state index contributed by atoms with van der Waals surface area (Å²) in [6, 6.07) is 14.3. The number of esters is 1. The van der Waals surface area contributed by atoms with Crippen molar-refractivity contribution in [1.82, 2.24) is 10.2 Å². The van der Waals surface area contributed by atoms with Crippen LogP contribution in [0, 0.1) is 11.3 Å². The van der Waals surface area contributed by atoms with E-state index in [4.69, 9.17) is 10.1 Å². The van der Waals surface area contributed by atoms with E-state index in [0.717, 1.165) is 25.7 Å². The fraction of sp³-hybridized carbons (Fsp3) is 0.462. The molecule has 1 heterocycles. The minimum Gasteiger partial charge on any atom is -0.458 e. The summed E-state index contributed by atoms with van der Waals surface area (Å²) in [7, 11) is 0. The van der Waals surface area contributed by atoms with Crippen molar-refractivity contribution in [2.45, 2.75) is 56.7 Å². The van der Waals surface area contributed by atoms with Crippen molar-refractivity contribution in [2.24, 2.45) is 5.92 Å². The second-order valence-electron chi connectivity index (χ2n) is 9.27. The number of guanidine groups is 1. The Morgan fingerprint density at radius 3 is 2.36 bits per heavy atom. The summed E-state index contributed by atoms with van der Waals surface area (Å²) >= 11 is 0. The SMILES string of the molecule is N=C(NCc1ccc(OC(F)(F)F)cc1)N1CC[C@@H](OC(=O)[C@](O)(c2ccccc2)C2CCCC2)C1. The van der Waals surface area contributed by atoms with E-state index in [1.807, 2.05) is 6.07 Å². The predicted octanol–water partition coefficient (Wildman–Crippen LogP) is 4.31. The minimum absolute atomic E-state index is 0.123. The molecule has 0 spiro atoms. The molecule has 1 aliphatic carbocycles. The van der Waals surface area contributed by atoms with Gasteiger partial charge in [-0.05, 0) is 36.1 Å². The molecule has 2 aromatic rings. The van der Waals surface area contributed by atoms with E-state index in [0.29, 0.717) is 30.6 Å². The summed E-state index contributed by atoms with van der Waals surface area (Å²) in [5.74, 6) is -1.03. The molecule has 36 heavy (non-hydrogen) atoms. The van der Waals surface area contributed by atoms with Gasteiger partial charge in [-0.15, -0.1) is 13.2 Å². The number of carbonyl (C=O) groups is 1. The van der Waals surface area contributed by atoms with Crippen LogP contribution in [-0.2, 0) is 21.7 Å². The Balaban J connectivity index is 1.31. The van der Waals surface area contributed by atoms with Crippen LogP contribution in [-0.4, -0.2) is 47.5 Å². The van der Waals surface area contributed by atoms with Crippen molar-refractivity contribution in [3.05, 3.63) is 65.7 Å². The maximum absolute atomic E-state index is 13.3. The first kappa shape index (κ1) is 25.8. The van der Waals surface area contributed by atoms with Crippen LogP contribution in [0.3, 0.4) is 0 Å². The van der Waals surface area contributed by atoms with Gasteiger partial charge >= 0.3 is 12.3 Å². The first-order chi connectivity index (χ1) is 17.1. The van der Waals surface area contributed by atoms with Crippen molar-refractivity contribution in [3.63, 3.8) is 0 Å². The number of nitrogens with one attached hydrogen (secondary N) is 2. The third-order valence-electron chi connectivity index (χ3n) is 6.82. The lowest BCUT2D eigenvalue weighted by Crippen LogP contribution is -2.45. The Hall–Kier alpha value is -3.27. The lowest BCUT2D eigenvalue weighted by atomic mass is 9.80. The van der Waals surface area contributed by atoms with Gasteiger partial charge in [-0.25, -0.2) is 4.79 Å². The summed E-state index contributed by atoms with van der Waals surface area (Å²) in [6.45, 7) is 1.04. The number of hydrogen-bond donors (Lipinski definition) is 3. The van der Waals surface area contributed by atoms with E-state index in [2.05, 4.69) is 10.1 Å². The number of aliphatic hydroxyl groups is 1. The molecule has 2 fully saturated rings. The quantitative estimate of drug-likeness (QED) is 0.295. The number of halogens is 3. The molecule has 0 bridgehead atoms. The zero-order valence-corrected chi connectivity index (χ0v) is 19.8. The van der Waals surface area contributed by atoms with Gasteiger partial charge in [0.1, 0.15) is 11.9 Å². The van der Waals surface area contributed by atoms with E-state index >= 15 is 0 Å². The highest BCUT2D eigenvalue weighted by Crippen LogP contribution is 2.42. The number of benzene rings is 2. The molecule has 1 saturated carbocycles. The molecule has 2 aromatic carbocycles. The summed E-state index contributed by atoms with van der Waals surface area (Å²) in [4.78, 5) is 15.0. The molecule has 0 aromatic heterocycles. The fourth-order valence-electron chi connectivity index (χ4n) is 4.93. The molecular weight excluding hydrogens is 475 g/mol. The predicted molar refractivity (Wildman–Crippen MR) is 126 cm³/mol. The van der Waals surface area contributed by atoms with Crippen LogP contribution in [0.2, 0.25) is 0 Å². The van der Waals surface area contributed by atoms with Crippen LogP contribution >= 0.6 is 0 Å². The first-order valence-corrected chi connectivity index (χ1v) is 12.1. The molecular formula is C26H30F3N3O4. The average Bonchev–Trinajstić information content (AvgIpc) is 3.55. The van der Waals surface area contributed by atoms with Crippen molar-refractivity contribution in [1.29, 1.82) is 5.41 Å².